The van der Waals surface area contributed by atoms with Crippen LogP contribution in [0.1, 0.15) is 39.6 Å². The van der Waals surface area contributed by atoms with E-state index >= 15 is 0 Å². The standard InChI is InChI=1S/C14H13N3OS/c1-2-5-13-17-9-12(19-13)14(18)10(8-15)11-6-3-4-7-16-11/h3-4,6-7,9-10H,2,5H2,1H3/t10-/m0/s1. The monoisotopic (exact) mass is 271 g/mol. The van der Waals surface area contributed by atoms with Gasteiger partial charge in [-0.1, -0.05) is 13.0 Å². The second-order valence-corrected chi connectivity index (χ2v) is 5.16. The van der Waals surface area contributed by atoms with Crippen LogP contribution in [0.3, 0.4) is 0 Å². The summed E-state index contributed by atoms with van der Waals surface area (Å²) in [6.07, 6.45) is 5.00. The highest BCUT2D eigenvalue weighted by molar-refractivity contribution is 7.13. The molecule has 4 nitrogen and oxygen atoms in total. The zero-order valence-electron chi connectivity index (χ0n) is 10.5. The number of hydrogen-bond donors (Lipinski definition) is 0. The molecule has 0 unspecified atom stereocenters. The third-order valence-corrected chi connectivity index (χ3v) is 3.71. The van der Waals surface area contributed by atoms with Gasteiger partial charge in [-0.3, -0.25) is 9.78 Å². The first-order valence-electron chi connectivity index (χ1n) is 6.05. The molecular formula is C14H13N3OS. The lowest BCUT2D eigenvalue weighted by Crippen LogP contribution is -2.11. The summed E-state index contributed by atoms with van der Waals surface area (Å²) in [7, 11) is 0. The highest BCUT2D eigenvalue weighted by Gasteiger charge is 2.24. The minimum absolute atomic E-state index is 0.221. The molecule has 1 atom stereocenters. The zero-order valence-corrected chi connectivity index (χ0v) is 11.4. The number of nitriles is 1. The van der Waals surface area contributed by atoms with E-state index in [9.17, 15) is 10.1 Å². The van der Waals surface area contributed by atoms with Gasteiger partial charge >= 0.3 is 0 Å². The molecule has 2 heterocycles. The molecule has 2 aromatic heterocycles. The van der Waals surface area contributed by atoms with Crippen LogP contribution in [-0.2, 0) is 6.42 Å². The summed E-state index contributed by atoms with van der Waals surface area (Å²) < 4.78 is 0. The Balaban J connectivity index is 2.24. The molecule has 0 aliphatic rings. The Bertz CT molecular complexity index is 601. The Morgan fingerprint density at radius 2 is 2.32 bits per heavy atom. The summed E-state index contributed by atoms with van der Waals surface area (Å²) in [5.41, 5.74) is 0.487. The van der Waals surface area contributed by atoms with Crippen LogP contribution in [0.5, 0.6) is 0 Å². The van der Waals surface area contributed by atoms with E-state index in [0.29, 0.717) is 10.6 Å². The van der Waals surface area contributed by atoms with E-state index in [1.165, 1.54) is 11.3 Å². The van der Waals surface area contributed by atoms with E-state index in [1.54, 1.807) is 30.6 Å². The van der Waals surface area contributed by atoms with E-state index in [4.69, 9.17) is 0 Å². The number of pyridine rings is 1. The summed E-state index contributed by atoms with van der Waals surface area (Å²) in [5.74, 6) is -1.07. The number of carbonyl (C=O) groups is 1. The predicted molar refractivity (Wildman–Crippen MR) is 73.0 cm³/mol. The average molecular weight is 271 g/mol. The summed E-state index contributed by atoms with van der Waals surface area (Å²) in [5, 5.41) is 10.1. The molecule has 0 saturated heterocycles. The molecule has 19 heavy (non-hydrogen) atoms. The van der Waals surface area contributed by atoms with E-state index in [2.05, 4.69) is 16.9 Å². The lowest BCUT2D eigenvalue weighted by Gasteiger charge is -2.04. The topological polar surface area (TPSA) is 66.6 Å². The van der Waals surface area contributed by atoms with Gasteiger partial charge in [0, 0.05) is 12.4 Å². The maximum absolute atomic E-state index is 12.3. The first kappa shape index (κ1) is 13.4. The van der Waals surface area contributed by atoms with Crippen molar-refractivity contribution in [3.63, 3.8) is 0 Å². The molecular weight excluding hydrogens is 258 g/mol. The molecule has 0 amide bonds. The highest BCUT2D eigenvalue weighted by Crippen LogP contribution is 2.23. The summed E-state index contributed by atoms with van der Waals surface area (Å²) >= 11 is 1.36. The molecule has 0 bridgehead atoms. The van der Waals surface area contributed by atoms with Gasteiger partial charge in [-0.15, -0.1) is 11.3 Å². The van der Waals surface area contributed by atoms with Crippen LogP contribution in [0.4, 0.5) is 0 Å². The van der Waals surface area contributed by atoms with E-state index < -0.39 is 5.92 Å². The van der Waals surface area contributed by atoms with Gasteiger partial charge in [0.25, 0.3) is 0 Å². The third-order valence-electron chi connectivity index (χ3n) is 2.64. The predicted octanol–water partition coefficient (Wildman–Crippen LogP) is 2.98. The molecule has 96 valence electrons. The number of hydrogen-bond acceptors (Lipinski definition) is 5. The van der Waals surface area contributed by atoms with Crippen LogP contribution in [-0.4, -0.2) is 15.8 Å². The number of Topliss-reactive ketones (excluding diaryl/α,β-unsaturated/α-hetero) is 1. The lowest BCUT2D eigenvalue weighted by atomic mass is 10.0. The van der Waals surface area contributed by atoms with E-state index in [-0.39, 0.29) is 5.78 Å². The van der Waals surface area contributed by atoms with Gasteiger partial charge in [-0.05, 0) is 25.0 Å². The summed E-state index contributed by atoms with van der Waals surface area (Å²) in [6.45, 7) is 2.06. The van der Waals surface area contributed by atoms with Crippen LogP contribution in [0.15, 0.2) is 30.6 Å². The number of aryl methyl sites for hydroxylation is 1. The molecule has 0 spiro atoms. The zero-order chi connectivity index (χ0) is 13.7. The number of aromatic nitrogens is 2. The second-order valence-electron chi connectivity index (χ2n) is 4.05. The van der Waals surface area contributed by atoms with Crippen molar-refractivity contribution in [2.45, 2.75) is 25.7 Å². The van der Waals surface area contributed by atoms with Gasteiger partial charge in [0.15, 0.2) is 11.7 Å². The van der Waals surface area contributed by atoms with Crippen LogP contribution < -0.4 is 0 Å². The fourth-order valence-corrected chi connectivity index (χ4v) is 2.69. The van der Waals surface area contributed by atoms with Crippen molar-refractivity contribution in [2.24, 2.45) is 0 Å². The minimum Gasteiger partial charge on any atom is -0.291 e. The first-order chi connectivity index (χ1) is 9.26. The molecule has 0 fully saturated rings. The van der Waals surface area contributed by atoms with Gasteiger partial charge in [-0.25, -0.2) is 4.98 Å². The van der Waals surface area contributed by atoms with Crippen molar-refractivity contribution in [1.82, 2.24) is 9.97 Å². The van der Waals surface area contributed by atoms with Gasteiger partial charge in [0.1, 0.15) is 0 Å². The Kier molecular flexibility index (Phi) is 4.37. The molecule has 0 N–H and O–H groups in total. The van der Waals surface area contributed by atoms with Crippen molar-refractivity contribution in [1.29, 1.82) is 5.26 Å². The van der Waals surface area contributed by atoms with E-state index in [1.807, 2.05) is 6.07 Å². The quantitative estimate of drug-likeness (QED) is 0.784. The van der Waals surface area contributed by atoms with Crippen LogP contribution in [0, 0.1) is 11.3 Å². The fourth-order valence-electron chi connectivity index (χ4n) is 1.70. The van der Waals surface area contributed by atoms with Gasteiger partial charge in [-0.2, -0.15) is 5.26 Å². The van der Waals surface area contributed by atoms with Crippen LogP contribution in [0.25, 0.3) is 0 Å². The Hall–Kier alpha value is -2.06. The maximum atomic E-state index is 12.3. The number of nitrogens with zero attached hydrogens (tertiary/aromatic N) is 3. The lowest BCUT2D eigenvalue weighted by molar-refractivity contribution is 0.0981. The van der Waals surface area contributed by atoms with E-state index in [0.717, 1.165) is 17.8 Å². The Morgan fingerprint density at radius 1 is 1.47 bits per heavy atom. The molecule has 0 radical (unpaired) electrons. The molecule has 0 aromatic carbocycles. The van der Waals surface area contributed by atoms with Gasteiger partial charge in [0.05, 0.1) is 21.6 Å². The smallest absolute Gasteiger partial charge is 0.197 e. The minimum atomic E-state index is -0.851. The molecule has 0 aliphatic heterocycles. The van der Waals surface area contributed by atoms with Crippen LogP contribution >= 0.6 is 11.3 Å². The summed E-state index contributed by atoms with van der Waals surface area (Å²) in [4.78, 5) is 21.1. The number of thiazole rings is 1. The van der Waals surface area contributed by atoms with Gasteiger partial charge in [0.2, 0.25) is 0 Å². The summed E-state index contributed by atoms with van der Waals surface area (Å²) in [6, 6.07) is 7.25. The molecule has 2 aromatic rings. The number of rotatable bonds is 5. The third kappa shape index (κ3) is 3.04. The average Bonchev–Trinajstić information content (AvgIpc) is 2.90. The largest absolute Gasteiger partial charge is 0.291 e. The normalized spacial score (nSPS) is 11.8. The van der Waals surface area contributed by atoms with Crippen molar-refractivity contribution in [2.75, 3.05) is 0 Å². The SMILES string of the molecule is CCCc1ncc(C(=O)[C@@H](C#N)c2ccccn2)s1. The molecule has 0 aliphatic carbocycles. The highest BCUT2D eigenvalue weighted by atomic mass is 32.1. The fraction of sp³-hybridized carbons (Fsp3) is 0.286. The second kappa shape index (κ2) is 6.21. The number of ketones is 1. The molecule has 0 saturated carbocycles. The maximum Gasteiger partial charge on any atom is 0.197 e. The van der Waals surface area contributed by atoms with Gasteiger partial charge < -0.3 is 0 Å². The number of carbonyl (C=O) groups excluding carboxylic acids is 1. The Morgan fingerprint density at radius 3 is 2.95 bits per heavy atom. The first-order valence-corrected chi connectivity index (χ1v) is 6.87. The molecule has 2 rings (SSSR count). The van der Waals surface area contributed by atoms with Crippen molar-refractivity contribution < 1.29 is 4.79 Å². The Labute approximate surface area is 115 Å². The van der Waals surface area contributed by atoms with Crippen molar-refractivity contribution in [3.05, 3.63) is 46.2 Å². The van der Waals surface area contributed by atoms with Crippen molar-refractivity contribution in [3.8, 4) is 6.07 Å². The van der Waals surface area contributed by atoms with Crippen molar-refractivity contribution >= 4 is 17.1 Å². The molecule has 5 heteroatoms. The van der Waals surface area contributed by atoms with Crippen LogP contribution in [0.2, 0.25) is 0 Å².